The zero-order valence-electron chi connectivity index (χ0n) is 15.4. The quantitative estimate of drug-likeness (QED) is 0.369. The van der Waals surface area contributed by atoms with Crippen molar-refractivity contribution in [2.45, 2.75) is 38.8 Å². The van der Waals surface area contributed by atoms with Gasteiger partial charge in [0.2, 0.25) is 0 Å². The minimum atomic E-state index is 0. The number of hydrogen-bond acceptors (Lipinski definition) is 4. The van der Waals surface area contributed by atoms with Crippen LogP contribution in [0.5, 0.6) is 0 Å². The van der Waals surface area contributed by atoms with Crippen LogP contribution in [0.25, 0.3) is 0 Å². The molecule has 2 N–H and O–H groups in total. The number of fused-ring (bicyclic) bond motifs is 3. The molecule has 0 amide bonds. The van der Waals surface area contributed by atoms with E-state index in [0.29, 0.717) is 12.1 Å². The first kappa shape index (κ1) is 20.5. The summed E-state index contributed by atoms with van der Waals surface area (Å²) < 4.78 is 5.39. The standard InChI is InChI=1S/C18H31N5O.HI/c1-3-15(2)21-18(19-7-6-17-5-4-12-24-17)20-13-16-14-22-8-10-23(16)11-9-22;/h4-5,12,15-16H,3,6-11,13-14H2,1-2H3,(H2,19,20,21);1H. The van der Waals surface area contributed by atoms with E-state index in [2.05, 4.69) is 34.3 Å². The maximum absolute atomic E-state index is 5.39. The highest BCUT2D eigenvalue weighted by Crippen LogP contribution is 2.15. The molecule has 0 spiro atoms. The van der Waals surface area contributed by atoms with Crippen molar-refractivity contribution in [3.05, 3.63) is 24.2 Å². The Bertz CT molecular complexity index is 514. The van der Waals surface area contributed by atoms with Crippen LogP contribution in [-0.4, -0.2) is 73.7 Å². The molecule has 2 bridgehead atoms. The molecule has 0 radical (unpaired) electrons. The molecule has 0 aliphatic carbocycles. The van der Waals surface area contributed by atoms with Crippen LogP contribution in [0.2, 0.25) is 0 Å². The number of nitrogens with one attached hydrogen (secondary N) is 2. The van der Waals surface area contributed by atoms with Gasteiger partial charge in [-0.05, 0) is 25.5 Å². The average Bonchev–Trinajstić information content (AvgIpc) is 3.14. The molecule has 3 saturated heterocycles. The Balaban J connectivity index is 0.00000225. The van der Waals surface area contributed by atoms with Crippen LogP contribution in [0.4, 0.5) is 0 Å². The second-order valence-corrected chi connectivity index (χ2v) is 6.89. The summed E-state index contributed by atoms with van der Waals surface area (Å²) in [5, 5.41) is 6.96. The van der Waals surface area contributed by atoms with E-state index in [0.717, 1.165) is 44.2 Å². The summed E-state index contributed by atoms with van der Waals surface area (Å²) in [5.74, 6) is 1.93. The number of furan rings is 1. The minimum Gasteiger partial charge on any atom is -0.469 e. The number of rotatable bonds is 7. The van der Waals surface area contributed by atoms with E-state index in [1.54, 1.807) is 6.26 Å². The first-order chi connectivity index (χ1) is 11.7. The van der Waals surface area contributed by atoms with Crippen molar-refractivity contribution in [2.24, 2.45) is 4.99 Å². The van der Waals surface area contributed by atoms with Gasteiger partial charge in [-0.3, -0.25) is 14.8 Å². The molecule has 2 atom stereocenters. The van der Waals surface area contributed by atoms with Gasteiger partial charge in [-0.15, -0.1) is 24.0 Å². The highest BCUT2D eigenvalue weighted by atomic mass is 127. The molecule has 7 heteroatoms. The summed E-state index contributed by atoms with van der Waals surface area (Å²) >= 11 is 0. The van der Waals surface area contributed by atoms with Gasteiger partial charge in [-0.2, -0.15) is 0 Å². The van der Waals surface area contributed by atoms with Crippen LogP contribution in [0.1, 0.15) is 26.0 Å². The minimum absolute atomic E-state index is 0. The lowest BCUT2D eigenvalue weighted by molar-refractivity contribution is 0.0174. The molecule has 2 unspecified atom stereocenters. The fourth-order valence-electron chi connectivity index (χ4n) is 3.34. The van der Waals surface area contributed by atoms with Crippen molar-refractivity contribution in [2.75, 3.05) is 45.8 Å². The van der Waals surface area contributed by atoms with Gasteiger partial charge in [0.1, 0.15) is 5.76 Å². The normalized spacial score (nSPS) is 26.8. The topological polar surface area (TPSA) is 56.0 Å². The van der Waals surface area contributed by atoms with Crippen LogP contribution in [0, 0.1) is 0 Å². The van der Waals surface area contributed by atoms with E-state index in [1.807, 2.05) is 12.1 Å². The lowest BCUT2D eigenvalue weighted by Gasteiger charge is -2.47. The van der Waals surface area contributed by atoms with Crippen LogP contribution in [-0.2, 0) is 6.42 Å². The molecule has 4 rings (SSSR count). The van der Waals surface area contributed by atoms with E-state index in [9.17, 15) is 0 Å². The first-order valence-corrected chi connectivity index (χ1v) is 9.28. The third-order valence-corrected chi connectivity index (χ3v) is 5.09. The smallest absolute Gasteiger partial charge is 0.191 e. The summed E-state index contributed by atoms with van der Waals surface area (Å²) in [6.45, 7) is 12.1. The lowest BCUT2D eigenvalue weighted by Crippen LogP contribution is -2.62. The van der Waals surface area contributed by atoms with Crippen molar-refractivity contribution in [1.29, 1.82) is 0 Å². The Labute approximate surface area is 168 Å². The number of piperazine rings is 3. The summed E-state index contributed by atoms with van der Waals surface area (Å²) in [7, 11) is 0. The van der Waals surface area contributed by atoms with Gasteiger partial charge in [-0.1, -0.05) is 6.92 Å². The molecule has 3 fully saturated rings. The second-order valence-electron chi connectivity index (χ2n) is 6.89. The summed E-state index contributed by atoms with van der Waals surface area (Å²) in [4.78, 5) is 10.0. The van der Waals surface area contributed by atoms with Gasteiger partial charge < -0.3 is 15.1 Å². The fraction of sp³-hybridized carbons (Fsp3) is 0.722. The van der Waals surface area contributed by atoms with E-state index in [1.165, 1.54) is 26.2 Å². The Morgan fingerprint density at radius 3 is 2.76 bits per heavy atom. The van der Waals surface area contributed by atoms with Crippen molar-refractivity contribution < 1.29 is 4.42 Å². The van der Waals surface area contributed by atoms with Crippen LogP contribution in [0.3, 0.4) is 0 Å². The van der Waals surface area contributed by atoms with Crippen molar-refractivity contribution in [3.8, 4) is 0 Å². The maximum Gasteiger partial charge on any atom is 0.191 e. The predicted molar refractivity (Wildman–Crippen MR) is 113 cm³/mol. The molecule has 4 heterocycles. The first-order valence-electron chi connectivity index (χ1n) is 9.28. The van der Waals surface area contributed by atoms with E-state index < -0.39 is 0 Å². The Morgan fingerprint density at radius 1 is 1.36 bits per heavy atom. The third kappa shape index (κ3) is 6.14. The van der Waals surface area contributed by atoms with Crippen molar-refractivity contribution in [1.82, 2.24) is 20.4 Å². The lowest BCUT2D eigenvalue weighted by atomic mass is 10.1. The van der Waals surface area contributed by atoms with Gasteiger partial charge in [0, 0.05) is 57.8 Å². The SMILES string of the molecule is CCC(C)NC(=NCC1CN2CCN1CC2)NCCc1ccco1.I. The van der Waals surface area contributed by atoms with Gasteiger partial charge >= 0.3 is 0 Å². The van der Waals surface area contributed by atoms with Crippen LogP contribution < -0.4 is 10.6 Å². The maximum atomic E-state index is 5.39. The molecule has 1 aromatic heterocycles. The van der Waals surface area contributed by atoms with Crippen molar-refractivity contribution >= 4 is 29.9 Å². The molecular formula is C18H32IN5O. The Hall–Kier alpha value is -0.800. The van der Waals surface area contributed by atoms with E-state index >= 15 is 0 Å². The monoisotopic (exact) mass is 461 g/mol. The number of hydrogen-bond donors (Lipinski definition) is 2. The molecule has 3 aliphatic rings. The molecular weight excluding hydrogens is 429 g/mol. The molecule has 0 aromatic carbocycles. The molecule has 1 aromatic rings. The van der Waals surface area contributed by atoms with E-state index in [4.69, 9.17) is 9.41 Å². The van der Waals surface area contributed by atoms with Gasteiger partial charge in [-0.25, -0.2) is 0 Å². The Kier molecular flexibility index (Phi) is 8.51. The van der Waals surface area contributed by atoms with E-state index in [-0.39, 0.29) is 24.0 Å². The number of nitrogens with zero attached hydrogens (tertiary/aromatic N) is 3. The number of aliphatic imine (C=N–C) groups is 1. The van der Waals surface area contributed by atoms with Crippen LogP contribution in [0.15, 0.2) is 27.8 Å². The molecule has 142 valence electrons. The summed E-state index contributed by atoms with van der Waals surface area (Å²) in [6, 6.07) is 4.94. The summed E-state index contributed by atoms with van der Waals surface area (Å²) in [5.41, 5.74) is 0. The number of guanidine groups is 1. The molecule has 3 aliphatic heterocycles. The Morgan fingerprint density at radius 2 is 2.16 bits per heavy atom. The molecule has 25 heavy (non-hydrogen) atoms. The number of halogens is 1. The zero-order valence-corrected chi connectivity index (χ0v) is 17.7. The van der Waals surface area contributed by atoms with Gasteiger partial charge in [0.05, 0.1) is 12.8 Å². The fourth-order valence-corrected chi connectivity index (χ4v) is 3.34. The third-order valence-electron chi connectivity index (χ3n) is 5.09. The van der Waals surface area contributed by atoms with Gasteiger partial charge in [0.15, 0.2) is 5.96 Å². The van der Waals surface area contributed by atoms with Crippen LogP contribution >= 0.6 is 24.0 Å². The average molecular weight is 461 g/mol. The largest absolute Gasteiger partial charge is 0.469 e. The molecule has 6 nitrogen and oxygen atoms in total. The highest BCUT2D eigenvalue weighted by molar-refractivity contribution is 14.0. The second kappa shape index (κ2) is 10.4. The zero-order chi connectivity index (χ0) is 16.8. The predicted octanol–water partition coefficient (Wildman–Crippen LogP) is 1.77. The highest BCUT2D eigenvalue weighted by Gasteiger charge is 2.31. The molecule has 0 saturated carbocycles. The van der Waals surface area contributed by atoms with Crippen molar-refractivity contribution in [3.63, 3.8) is 0 Å². The van der Waals surface area contributed by atoms with Gasteiger partial charge in [0.25, 0.3) is 0 Å². The summed E-state index contributed by atoms with van der Waals surface area (Å²) in [6.07, 6.45) is 3.68.